The molecule has 1 atom stereocenters. The molecular weight excluding hydrogens is 255 g/mol. The maximum atomic E-state index is 13.9. The van der Waals surface area contributed by atoms with Gasteiger partial charge in [-0.2, -0.15) is 5.10 Å². The zero-order valence-electron chi connectivity index (χ0n) is 10.1. The van der Waals surface area contributed by atoms with Crippen LogP contribution in [0.5, 0.6) is 0 Å². The van der Waals surface area contributed by atoms with E-state index in [1.54, 1.807) is 16.8 Å². The molecule has 2 rings (SSSR count). The molecule has 18 heavy (non-hydrogen) atoms. The Labute approximate surface area is 110 Å². The van der Waals surface area contributed by atoms with Crippen LogP contribution in [0.25, 0.3) is 0 Å². The molecule has 4 nitrogen and oxygen atoms in total. The quantitative estimate of drug-likeness (QED) is 0.931. The van der Waals surface area contributed by atoms with Crippen molar-refractivity contribution >= 4 is 11.6 Å². The van der Waals surface area contributed by atoms with E-state index in [9.17, 15) is 4.39 Å². The number of hydrogen-bond acceptors (Lipinski definition) is 3. The van der Waals surface area contributed by atoms with Crippen molar-refractivity contribution in [1.29, 1.82) is 0 Å². The van der Waals surface area contributed by atoms with Gasteiger partial charge in [0.2, 0.25) is 0 Å². The predicted octanol–water partition coefficient (Wildman–Crippen LogP) is 2.70. The molecule has 0 fully saturated rings. The average molecular weight is 269 g/mol. The summed E-state index contributed by atoms with van der Waals surface area (Å²) in [5, 5.41) is 4.14. The zero-order valence-corrected chi connectivity index (χ0v) is 10.9. The van der Waals surface area contributed by atoms with Gasteiger partial charge < -0.3 is 5.73 Å². The van der Waals surface area contributed by atoms with Gasteiger partial charge >= 0.3 is 0 Å². The van der Waals surface area contributed by atoms with Crippen LogP contribution in [0.15, 0.2) is 24.5 Å². The molecule has 0 spiro atoms. The first kappa shape index (κ1) is 13.0. The fourth-order valence-electron chi connectivity index (χ4n) is 1.78. The summed E-state index contributed by atoms with van der Waals surface area (Å²) in [5.41, 5.74) is 6.36. The third kappa shape index (κ3) is 2.23. The Kier molecular flexibility index (Phi) is 3.63. The predicted molar refractivity (Wildman–Crippen MR) is 67.8 cm³/mol. The van der Waals surface area contributed by atoms with E-state index in [-0.39, 0.29) is 11.1 Å². The summed E-state index contributed by atoms with van der Waals surface area (Å²) in [6.07, 6.45) is 1.41. The van der Waals surface area contributed by atoms with E-state index in [0.717, 1.165) is 0 Å². The van der Waals surface area contributed by atoms with Crippen LogP contribution >= 0.6 is 11.6 Å². The minimum atomic E-state index is -0.686. The smallest absolute Gasteiger partial charge is 0.148 e. The maximum absolute atomic E-state index is 13.9. The van der Waals surface area contributed by atoms with Crippen molar-refractivity contribution in [3.8, 4) is 0 Å². The standard InChI is InChI=1S/C12H14ClFN4/c1-7(2)18-12(16-6-17-18)11(15)8-4-3-5-9(13)10(8)14/h3-7,11H,15H2,1-2H3. The average Bonchev–Trinajstić information content (AvgIpc) is 2.81. The second-order valence-corrected chi connectivity index (χ2v) is 4.68. The SMILES string of the molecule is CC(C)n1ncnc1C(N)c1cccc(Cl)c1F. The zero-order chi connectivity index (χ0) is 13.3. The lowest BCUT2D eigenvalue weighted by Crippen LogP contribution is -2.21. The molecule has 0 aliphatic carbocycles. The van der Waals surface area contributed by atoms with Gasteiger partial charge in [-0.1, -0.05) is 23.7 Å². The van der Waals surface area contributed by atoms with Crippen LogP contribution in [-0.2, 0) is 0 Å². The molecule has 1 heterocycles. The van der Waals surface area contributed by atoms with Crippen molar-refractivity contribution in [3.05, 3.63) is 46.8 Å². The lowest BCUT2D eigenvalue weighted by molar-refractivity contribution is 0.488. The molecule has 2 N–H and O–H groups in total. The van der Waals surface area contributed by atoms with Gasteiger partial charge in [0.15, 0.2) is 0 Å². The molecule has 0 saturated carbocycles. The van der Waals surface area contributed by atoms with Gasteiger partial charge in [0.25, 0.3) is 0 Å². The number of nitrogens with zero attached hydrogens (tertiary/aromatic N) is 3. The van der Waals surface area contributed by atoms with Gasteiger partial charge in [0, 0.05) is 11.6 Å². The van der Waals surface area contributed by atoms with Crippen LogP contribution in [0.3, 0.4) is 0 Å². The Hall–Kier alpha value is -1.46. The lowest BCUT2D eigenvalue weighted by Gasteiger charge is -2.16. The second kappa shape index (κ2) is 5.04. The van der Waals surface area contributed by atoms with E-state index in [4.69, 9.17) is 17.3 Å². The van der Waals surface area contributed by atoms with Crippen LogP contribution in [0.2, 0.25) is 5.02 Å². The van der Waals surface area contributed by atoms with E-state index in [0.29, 0.717) is 11.4 Å². The van der Waals surface area contributed by atoms with Crippen molar-refractivity contribution in [2.75, 3.05) is 0 Å². The summed E-state index contributed by atoms with van der Waals surface area (Å²) in [6.45, 7) is 3.92. The molecule has 0 bridgehead atoms. The van der Waals surface area contributed by atoms with Gasteiger partial charge in [-0.05, 0) is 19.9 Å². The Morgan fingerprint density at radius 2 is 2.11 bits per heavy atom. The number of benzene rings is 1. The number of hydrogen-bond donors (Lipinski definition) is 1. The molecule has 0 radical (unpaired) electrons. The van der Waals surface area contributed by atoms with Crippen LogP contribution in [0.4, 0.5) is 4.39 Å². The molecule has 0 aliphatic rings. The van der Waals surface area contributed by atoms with Crippen molar-refractivity contribution in [3.63, 3.8) is 0 Å². The third-order valence-corrected chi connectivity index (χ3v) is 2.98. The maximum Gasteiger partial charge on any atom is 0.148 e. The molecule has 2 aromatic rings. The molecule has 0 amide bonds. The molecule has 96 valence electrons. The van der Waals surface area contributed by atoms with Crippen molar-refractivity contribution in [2.45, 2.75) is 25.9 Å². The van der Waals surface area contributed by atoms with Gasteiger partial charge in [-0.3, -0.25) is 0 Å². The highest BCUT2D eigenvalue weighted by molar-refractivity contribution is 6.30. The second-order valence-electron chi connectivity index (χ2n) is 4.28. The highest BCUT2D eigenvalue weighted by Crippen LogP contribution is 2.26. The normalized spacial score (nSPS) is 13.0. The van der Waals surface area contributed by atoms with Crippen molar-refractivity contribution < 1.29 is 4.39 Å². The van der Waals surface area contributed by atoms with Crippen LogP contribution in [-0.4, -0.2) is 14.8 Å². The highest BCUT2D eigenvalue weighted by Gasteiger charge is 2.21. The molecule has 0 saturated heterocycles. The van der Waals surface area contributed by atoms with E-state index in [2.05, 4.69) is 10.1 Å². The molecule has 6 heteroatoms. The Morgan fingerprint density at radius 3 is 2.78 bits per heavy atom. The van der Waals surface area contributed by atoms with Crippen LogP contribution in [0.1, 0.15) is 37.3 Å². The minimum Gasteiger partial charge on any atom is -0.318 e. The summed E-state index contributed by atoms with van der Waals surface area (Å²) >= 11 is 5.75. The fourth-order valence-corrected chi connectivity index (χ4v) is 1.96. The lowest BCUT2D eigenvalue weighted by atomic mass is 10.1. The number of nitrogens with two attached hydrogens (primary N) is 1. The molecule has 1 aromatic carbocycles. The first-order valence-electron chi connectivity index (χ1n) is 5.61. The largest absolute Gasteiger partial charge is 0.318 e. The summed E-state index contributed by atoms with van der Waals surface area (Å²) in [4.78, 5) is 4.10. The molecule has 1 aromatic heterocycles. The molecule has 0 aliphatic heterocycles. The van der Waals surface area contributed by atoms with Gasteiger partial charge in [-0.25, -0.2) is 14.1 Å². The summed E-state index contributed by atoms with van der Waals surface area (Å²) in [6, 6.07) is 4.17. The highest BCUT2D eigenvalue weighted by atomic mass is 35.5. The Morgan fingerprint density at radius 1 is 1.39 bits per heavy atom. The molecule has 1 unspecified atom stereocenters. The van der Waals surface area contributed by atoms with Gasteiger partial charge in [-0.15, -0.1) is 0 Å². The van der Waals surface area contributed by atoms with Crippen LogP contribution < -0.4 is 5.73 Å². The van der Waals surface area contributed by atoms with Crippen molar-refractivity contribution in [2.24, 2.45) is 5.73 Å². The van der Waals surface area contributed by atoms with E-state index in [1.807, 2.05) is 13.8 Å². The monoisotopic (exact) mass is 268 g/mol. The van der Waals surface area contributed by atoms with E-state index < -0.39 is 11.9 Å². The number of rotatable bonds is 3. The summed E-state index contributed by atoms with van der Waals surface area (Å²) < 4.78 is 15.6. The van der Waals surface area contributed by atoms with Crippen molar-refractivity contribution in [1.82, 2.24) is 14.8 Å². The van der Waals surface area contributed by atoms with E-state index >= 15 is 0 Å². The number of halogens is 2. The Balaban J connectivity index is 2.45. The first-order valence-corrected chi connectivity index (χ1v) is 5.99. The van der Waals surface area contributed by atoms with Gasteiger partial charge in [0.1, 0.15) is 18.0 Å². The van der Waals surface area contributed by atoms with E-state index in [1.165, 1.54) is 12.4 Å². The van der Waals surface area contributed by atoms with Crippen LogP contribution in [0, 0.1) is 5.82 Å². The topological polar surface area (TPSA) is 56.7 Å². The summed E-state index contributed by atoms with van der Waals surface area (Å²) in [5.74, 6) is 0.0103. The Bertz CT molecular complexity index is 553. The minimum absolute atomic E-state index is 0.0542. The summed E-state index contributed by atoms with van der Waals surface area (Å²) in [7, 11) is 0. The molecular formula is C12H14ClFN4. The van der Waals surface area contributed by atoms with Gasteiger partial charge in [0.05, 0.1) is 11.1 Å². The third-order valence-electron chi connectivity index (χ3n) is 2.68. The fraction of sp³-hybridized carbons (Fsp3) is 0.333. The number of aromatic nitrogens is 3. The first-order chi connectivity index (χ1) is 8.52.